The molecule has 1 aromatic heterocycles. The molecule has 2 aromatic rings. The Balaban J connectivity index is 1.58. The van der Waals surface area contributed by atoms with Gasteiger partial charge in [-0.15, -0.1) is 0 Å². The van der Waals surface area contributed by atoms with E-state index < -0.39 is 6.61 Å². The zero-order valence-electron chi connectivity index (χ0n) is 14.6. The highest BCUT2D eigenvalue weighted by Gasteiger charge is 2.22. The van der Waals surface area contributed by atoms with Gasteiger partial charge >= 0.3 is 6.61 Å². The van der Waals surface area contributed by atoms with Gasteiger partial charge in [0, 0.05) is 31.5 Å². The van der Waals surface area contributed by atoms with Gasteiger partial charge < -0.3 is 9.30 Å². The second kappa shape index (κ2) is 8.43. The van der Waals surface area contributed by atoms with Crippen LogP contribution in [0.2, 0.25) is 0 Å². The second-order valence-corrected chi connectivity index (χ2v) is 6.60. The number of rotatable bonds is 7. The number of ether oxygens (including phenoxy) is 1. The number of nitrogens with zero attached hydrogens (tertiary/aromatic N) is 3. The van der Waals surface area contributed by atoms with Crippen LogP contribution in [0.15, 0.2) is 36.7 Å². The lowest BCUT2D eigenvalue weighted by Gasteiger charge is -2.36. The van der Waals surface area contributed by atoms with E-state index in [-0.39, 0.29) is 5.75 Å². The van der Waals surface area contributed by atoms with E-state index in [0.717, 1.165) is 37.4 Å². The fraction of sp³-hybridized carbons (Fsp3) is 0.526. The molecule has 4 nitrogen and oxygen atoms in total. The highest BCUT2D eigenvalue weighted by Crippen LogP contribution is 2.24. The number of aromatic nitrogens is 2. The van der Waals surface area contributed by atoms with Crippen LogP contribution >= 0.6 is 0 Å². The number of piperidine rings is 1. The summed E-state index contributed by atoms with van der Waals surface area (Å²) >= 11 is 0. The molecule has 1 saturated heterocycles. The van der Waals surface area contributed by atoms with E-state index in [1.165, 1.54) is 19.3 Å². The summed E-state index contributed by atoms with van der Waals surface area (Å²) in [6, 6.07) is 7.55. The molecule has 1 aromatic carbocycles. The van der Waals surface area contributed by atoms with E-state index in [1.807, 2.05) is 31.5 Å². The first-order chi connectivity index (χ1) is 12.1. The van der Waals surface area contributed by atoms with E-state index in [2.05, 4.69) is 19.2 Å². The third kappa shape index (κ3) is 5.01. The minimum Gasteiger partial charge on any atom is -0.435 e. The maximum atomic E-state index is 12.2. The predicted octanol–water partition coefficient (Wildman–Crippen LogP) is 4.24. The van der Waals surface area contributed by atoms with Gasteiger partial charge in [0.15, 0.2) is 0 Å². The largest absolute Gasteiger partial charge is 0.435 e. The molecule has 3 rings (SSSR count). The van der Waals surface area contributed by atoms with Crippen LogP contribution in [0, 0.1) is 6.92 Å². The summed E-state index contributed by atoms with van der Waals surface area (Å²) in [4.78, 5) is 6.79. The van der Waals surface area contributed by atoms with Gasteiger partial charge in [-0.25, -0.2) is 4.98 Å². The Labute approximate surface area is 147 Å². The van der Waals surface area contributed by atoms with Gasteiger partial charge in [0.1, 0.15) is 11.6 Å². The van der Waals surface area contributed by atoms with Crippen LogP contribution in [-0.2, 0) is 13.1 Å². The first-order valence-electron chi connectivity index (χ1n) is 8.87. The fourth-order valence-corrected chi connectivity index (χ4v) is 3.53. The fourth-order valence-electron chi connectivity index (χ4n) is 3.53. The van der Waals surface area contributed by atoms with E-state index in [9.17, 15) is 8.78 Å². The van der Waals surface area contributed by atoms with Crippen molar-refractivity contribution in [3.63, 3.8) is 0 Å². The van der Waals surface area contributed by atoms with Crippen molar-refractivity contribution in [1.82, 2.24) is 14.5 Å². The molecule has 0 saturated carbocycles. The smallest absolute Gasteiger partial charge is 0.387 e. The van der Waals surface area contributed by atoms with E-state index in [4.69, 9.17) is 0 Å². The van der Waals surface area contributed by atoms with Gasteiger partial charge in [-0.2, -0.15) is 8.78 Å². The predicted molar refractivity (Wildman–Crippen MR) is 92.7 cm³/mol. The summed E-state index contributed by atoms with van der Waals surface area (Å²) in [5.41, 5.74) is 1.13. The van der Waals surface area contributed by atoms with Crippen LogP contribution in [0.5, 0.6) is 5.75 Å². The van der Waals surface area contributed by atoms with Gasteiger partial charge in [0.05, 0.1) is 0 Å². The molecular formula is C19H25F2N3O. The summed E-state index contributed by atoms with van der Waals surface area (Å²) in [6.45, 7) is 2.17. The lowest BCUT2D eigenvalue weighted by Crippen LogP contribution is -2.39. The summed E-state index contributed by atoms with van der Waals surface area (Å²) in [5.74, 6) is 1.27. The molecule has 25 heavy (non-hydrogen) atoms. The minimum atomic E-state index is -2.77. The van der Waals surface area contributed by atoms with Crippen LogP contribution in [-0.4, -0.2) is 33.6 Å². The van der Waals surface area contributed by atoms with E-state index >= 15 is 0 Å². The summed E-state index contributed by atoms with van der Waals surface area (Å²) < 4.78 is 31.1. The van der Waals surface area contributed by atoms with Crippen LogP contribution in [0.4, 0.5) is 8.78 Å². The molecule has 0 N–H and O–H groups in total. The molecule has 1 atom stereocenters. The zero-order valence-corrected chi connectivity index (χ0v) is 14.6. The summed E-state index contributed by atoms with van der Waals surface area (Å²) in [5, 5.41) is 0. The maximum absolute atomic E-state index is 12.2. The molecule has 2 heterocycles. The van der Waals surface area contributed by atoms with Crippen LogP contribution in [0.25, 0.3) is 0 Å². The Bertz CT molecular complexity index is 657. The van der Waals surface area contributed by atoms with E-state index in [0.29, 0.717) is 6.04 Å². The van der Waals surface area contributed by atoms with Crippen molar-refractivity contribution in [2.24, 2.45) is 0 Å². The monoisotopic (exact) mass is 349 g/mol. The van der Waals surface area contributed by atoms with Gasteiger partial charge in [-0.05, 0) is 50.4 Å². The van der Waals surface area contributed by atoms with Crippen LogP contribution in [0.3, 0.4) is 0 Å². The number of likely N-dealkylation sites (tertiary alicyclic amines) is 1. The maximum Gasteiger partial charge on any atom is 0.387 e. The molecule has 136 valence electrons. The number of alkyl halides is 2. The van der Waals surface area contributed by atoms with Gasteiger partial charge in [-0.3, -0.25) is 4.90 Å². The van der Waals surface area contributed by atoms with Crippen molar-refractivity contribution < 1.29 is 13.5 Å². The molecule has 0 amide bonds. The average Bonchev–Trinajstić information content (AvgIpc) is 3.00. The number of aryl methyl sites for hydroxylation is 2. The summed E-state index contributed by atoms with van der Waals surface area (Å²) in [7, 11) is 0. The number of imidazole rings is 1. The lowest BCUT2D eigenvalue weighted by atomic mass is 9.98. The number of halogens is 2. The zero-order chi connectivity index (χ0) is 17.6. The SMILES string of the molecule is Cc1nccn1CC[C@H]1CCCCN1Cc1ccc(OC(F)F)cc1. The topological polar surface area (TPSA) is 30.3 Å². The number of benzene rings is 1. The highest BCUT2D eigenvalue weighted by molar-refractivity contribution is 5.27. The van der Waals surface area contributed by atoms with E-state index in [1.54, 1.807) is 12.1 Å². The Morgan fingerprint density at radius 1 is 1.24 bits per heavy atom. The lowest BCUT2D eigenvalue weighted by molar-refractivity contribution is -0.0498. The molecule has 0 aliphatic carbocycles. The third-order valence-corrected chi connectivity index (χ3v) is 4.91. The molecule has 1 fully saturated rings. The average molecular weight is 349 g/mol. The van der Waals surface area contributed by atoms with Gasteiger partial charge in [0.2, 0.25) is 0 Å². The van der Waals surface area contributed by atoms with Crippen molar-refractivity contribution in [1.29, 1.82) is 0 Å². The normalized spacial score (nSPS) is 18.6. The Morgan fingerprint density at radius 3 is 2.72 bits per heavy atom. The first kappa shape index (κ1) is 17.9. The van der Waals surface area contributed by atoms with Crippen molar-refractivity contribution in [2.75, 3.05) is 6.54 Å². The van der Waals surface area contributed by atoms with Gasteiger partial charge in [0.25, 0.3) is 0 Å². The first-order valence-corrected chi connectivity index (χ1v) is 8.87. The molecular weight excluding hydrogens is 324 g/mol. The summed E-state index contributed by atoms with van der Waals surface area (Å²) in [6.07, 6.45) is 8.67. The van der Waals surface area contributed by atoms with Crippen molar-refractivity contribution in [2.45, 2.75) is 58.3 Å². The van der Waals surface area contributed by atoms with Crippen molar-refractivity contribution >= 4 is 0 Å². The molecule has 0 unspecified atom stereocenters. The van der Waals surface area contributed by atoms with Crippen LogP contribution < -0.4 is 4.74 Å². The molecule has 0 bridgehead atoms. The Morgan fingerprint density at radius 2 is 2.04 bits per heavy atom. The molecule has 1 aliphatic rings. The van der Waals surface area contributed by atoms with Crippen molar-refractivity contribution in [3.8, 4) is 5.75 Å². The third-order valence-electron chi connectivity index (χ3n) is 4.91. The molecule has 6 heteroatoms. The Kier molecular flexibility index (Phi) is 6.02. The molecule has 0 radical (unpaired) electrons. The second-order valence-electron chi connectivity index (χ2n) is 6.60. The van der Waals surface area contributed by atoms with Crippen LogP contribution in [0.1, 0.15) is 37.1 Å². The quantitative estimate of drug-likeness (QED) is 0.749. The number of hydrogen-bond acceptors (Lipinski definition) is 3. The van der Waals surface area contributed by atoms with Gasteiger partial charge in [-0.1, -0.05) is 18.6 Å². The number of hydrogen-bond donors (Lipinski definition) is 0. The molecule has 1 aliphatic heterocycles. The highest BCUT2D eigenvalue weighted by atomic mass is 19.3. The Hall–Kier alpha value is -1.95. The molecule has 0 spiro atoms. The minimum absolute atomic E-state index is 0.213. The standard InChI is InChI=1S/C19H25F2N3O/c1-15-22-10-13-23(15)12-9-17-4-2-3-11-24(17)14-16-5-7-18(8-6-16)25-19(20)21/h5-8,10,13,17,19H,2-4,9,11-12,14H2,1H3/t17-/m1/s1. The van der Waals surface area contributed by atoms with Crippen molar-refractivity contribution in [3.05, 3.63) is 48.0 Å².